The topological polar surface area (TPSA) is 78.9 Å². The van der Waals surface area contributed by atoms with E-state index < -0.39 is 6.10 Å². The quantitative estimate of drug-likeness (QED) is 0.0199. The van der Waals surface area contributed by atoms with Gasteiger partial charge in [-0.05, 0) is 109 Å². The molecule has 64 heavy (non-hydrogen) atoms. The van der Waals surface area contributed by atoms with E-state index in [2.05, 4.69) is 118 Å². The SMILES string of the molecule is CC/C=C\C/C=C\C/C=C\C/C=C\CCCCCC(=O)OC(COC(=O)CCCCCCC/C=C\C=C/CCCCCCCCC)COC(=O)CCCCCCC/C=C\C/C=C\CC. The van der Waals surface area contributed by atoms with Crippen molar-refractivity contribution in [2.24, 2.45) is 0 Å². The van der Waals surface area contributed by atoms with E-state index in [-0.39, 0.29) is 37.5 Å². The molecule has 0 aromatic heterocycles. The molecule has 1 atom stereocenters. The van der Waals surface area contributed by atoms with Gasteiger partial charge >= 0.3 is 17.9 Å². The summed E-state index contributed by atoms with van der Waals surface area (Å²) in [6.45, 7) is 6.35. The minimum atomic E-state index is -0.807. The number of carbonyl (C=O) groups is 3. The Morgan fingerprint density at radius 2 is 0.656 bits per heavy atom. The van der Waals surface area contributed by atoms with Crippen LogP contribution < -0.4 is 0 Å². The maximum Gasteiger partial charge on any atom is 0.306 e. The van der Waals surface area contributed by atoms with E-state index in [9.17, 15) is 14.4 Å². The van der Waals surface area contributed by atoms with Crippen molar-refractivity contribution >= 4 is 17.9 Å². The minimum absolute atomic E-state index is 0.104. The summed E-state index contributed by atoms with van der Waals surface area (Å²) in [5.74, 6) is -0.967. The smallest absolute Gasteiger partial charge is 0.306 e. The molecule has 364 valence electrons. The van der Waals surface area contributed by atoms with Crippen LogP contribution in [0, 0.1) is 0 Å². The average molecular weight is 889 g/mol. The van der Waals surface area contributed by atoms with Crippen LogP contribution in [0.4, 0.5) is 0 Å². The summed E-state index contributed by atoms with van der Waals surface area (Å²) in [7, 11) is 0. The van der Waals surface area contributed by atoms with Crippen molar-refractivity contribution in [1.82, 2.24) is 0 Å². The first-order valence-corrected chi connectivity index (χ1v) is 26.3. The van der Waals surface area contributed by atoms with Crippen LogP contribution >= 0.6 is 0 Å². The molecule has 0 saturated heterocycles. The van der Waals surface area contributed by atoms with Crippen LogP contribution in [0.25, 0.3) is 0 Å². The number of esters is 3. The van der Waals surface area contributed by atoms with Gasteiger partial charge in [0.1, 0.15) is 13.2 Å². The largest absolute Gasteiger partial charge is 0.462 e. The molecule has 0 bridgehead atoms. The normalized spacial score (nSPS) is 12.9. The number of rotatable bonds is 46. The molecular weight excluding hydrogens is 793 g/mol. The van der Waals surface area contributed by atoms with Crippen LogP contribution in [-0.2, 0) is 28.6 Å². The fraction of sp³-hybridized carbons (Fsp3) is 0.672. The van der Waals surface area contributed by atoms with E-state index in [0.29, 0.717) is 12.8 Å². The number of unbranched alkanes of at least 4 members (excludes halogenated alkanes) is 20. The van der Waals surface area contributed by atoms with Gasteiger partial charge in [-0.3, -0.25) is 14.4 Å². The van der Waals surface area contributed by atoms with Gasteiger partial charge in [-0.25, -0.2) is 0 Å². The fourth-order valence-corrected chi connectivity index (χ4v) is 6.93. The molecular formula is C58H96O6. The lowest BCUT2D eigenvalue weighted by molar-refractivity contribution is -0.167. The second-order valence-corrected chi connectivity index (χ2v) is 17.0. The molecule has 0 rings (SSSR count). The zero-order valence-corrected chi connectivity index (χ0v) is 41.5. The molecule has 0 aromatic rings. The number of carbonyl (C=O) groups excluding carboxylic acids is 3. The Balaban J connectivity index is 4.47. The molecule has 1 unspecified atom stereocenters. The van der Waals surface area contributed by atoms with Gasteiger partial charge in [-0.1, -0.05) is 201 Å². The van der Waals surface area contributed by atoms with Crippen molar-refractivity contribution in [1.29, 1.82) is 0 Å². The van der Waals surface area contributed by atoms with Crippen LogP contribution in [0.5, 0.6) is 0 Å². The molecule has 0 aliphatic carbocycles. The second kappa shape index (κ2) is 52.0. The molecule has 0 N–H and O–H groups in total. The highest BCUT2D eigenvalue weighted by Gasteiger charge is 2.19. The first-order valence-electron chi connectivity index (χ1n) is 26.3. The van der Waals surface area contributed by atoms with Gasteiger partial charge in [0.2, 0.25) is 0 Å². The summed E-state index contributed by atoms with van der Waals surface area (Å²) in [5, 5.41) is 0. The Hall–Kier alpha value is -3.67. The van der Waals surface area contributed by atoms with E-state index in [1.165, 1.54) is 51.4 Å². The monoisotopic (exact) mass is 889 g/mol. The van der Waals surface area contributed by atoms with E-state index in [0.717, 1.165) is 141 Å². The number of hydrogen-bond donors (Lipinski definition) is 0. The molecule has 0 saturated carbocycles. The van der Waals surface area contributed by atoms with Gasteiger partial charge in [0.15, 0.2) is 6.10 Å². The number of allylic oxidation sites excluding steroid dienone is 16. The predicted octanol–water partition coefficient (Wildman–Crippen LogP) is 17.4. The number of hydrogen-bond acceptors (Lipinski definition) is 6. The summed E-state index contributed by atoms with van der Waals surface area (Å²) in [6.07, 6.45) is 68.2. The van der Waals surface area contributed by atoms with Gasteiger partial charge in [0.05, 0.1) is 0 Å². The van der Waals surface area contributed by atoms with Gasteiger partial charge in [0.25, 0.3) is 0 Å². The van der Waals surface area contributed by atoms with Crippen LogP contribution in [-0.4, -0.2) is 37.2 Å². The second-order valence-electron chi connectivity index (χ2n) is 17.0. The maximum atomic E-state index is 12.8. The van der Waals surface area contributed by atoms with E-state index in [1.54, 1.807) is 0 Å². The van der Waals surface area contributed by atoms with Crippen molar-refractivity contribution in [3.63, 3.8) is 0 Å². The maximum absolute atomic E-state index is 12.8. The van der Waals surface area contributed by atoms with Crippen LogP contribution in [0.3, 0.4) is 0 Å². The first kappa shape index (κ1) is 60.3. The lowest BCUT2D eigenvalue weighted by atomic mass is 10.1. The van der Waals surface area contributed by atoms with E-state index >= 15 is 0 Å². The predicted molar refractivity (Wildman–Crippen MR) is 274 cm³/mol. The molecule has 0 aliphatic heterocycles. The van der Waals surface area contributed by atoms with Crippen molar-refractivity contribution in [2.75, 3.05) is 13.2 Å². The lowest BCUT2D eigenvalue weighted by Crippen LogP contribution is -2.30. The summed E-state index contributed by atoms with van der Waals surface area (Å²) < 4.78 is 16.8. The third kappa shape index (κ3) is 49.3. The van der Waals surface area contributed by atoms with Gasteiger partial charge < -0.3 is 14.2 Å². The molecule has 0 amide bonds. The summed E-state index contributed by atoms with van der Waals surface area (Å²) >= 11 is 0. The van der Waals surface area contributed by atoms with Crippen LogP contribution in [0.2, 0.25) is 0 Å². The Morgan fingerprint density at radius 3 is 1.06 bits per heavy atom. The molecule has 0 spiro atoms. The molecule has 0 fully saturated rings. The fourth-order valence-electron chi connectivity index (χ4n) is 6.93. The molecule has 6 nitrogen and oxygen atoms in total. The average Bonchev–Trinajstić information content (AvgIpc) is 3.29. The van der Waals surface area contributed by atoms with Crippen molar-refractivity contribution in [3.05, 3.63) is 97.2 Å². The zero-order valence-electron chi connectivity index (χ0n) is 41.5. The Labute approximate surface area is 394 Å². The highest BCUT2D eigenvalue weighted by atomic mass is 16.6. The van der Waals surface area contributed by atoms with Crippen molar-refractivity contribution < 1.29 is 28.6 Å². The van der Waals surface area contributed by atoms with E-state index in [1.807, 2.05) is 0 Å². The number of ether oxygens (including phenoxy) is 3. The Bertz CT molecular complexity index is 1300. The summed E-state index contributed by atoms with van der Waals surface area (Å²) in [4.78, 5) is 38.0. The lowest BCUT2D eigenvalue weighted by Gasteiger charge is -2.18. The van der Waals surface area contributed by atoms with Crippen LogP contribution in [0.15, 0.2) is 97.2 Å². The molecule has 0 heterocycles. The summed E-state index contributed by atoms with van der Waals surface area (Å²) in [6, 6.07) is 0. The molecule has 0 aromatic carbocycles. The third-order valence-electron chi connectivity index (χ3n) is 10.8. The highest BCUT2D eigenvalue weighted by Crippen LogP contribution is 2.13. The van der Waals surface area contributed by atoms with E-state index in [4.69, 9.17) is 14.2 Å². The minimum Gasteiger partial charge on any atom is -0.462 e. The third-order valence-corrected chi connectivity index (χ3v) is 10.8. The van der Waals surface area contributed by atoms with Crippen LogP contribution in [0.1, 0.15) is 233 Å². The van der Waals surface area contributed by atoms with Gasteiger partial charge in [-0.15, -0.1) is 0 Å². The first-order chi connectivity index (χ1) is 31.5. The van der Waals surface area contributed by atoms with Gasteiger partial charge in [0, 0.05) is 19.3 Å². The van der Waals surface area contributed by atoms with Crippen molar-refractivity contribution in [2.45, 2.75) is 239 Å². The molecule has 0 radical (unpaired) electrons. The Kier molecular flexibility index (Phi) is 49.0. The Morgan fingerprint density at radius 1 is 0.344 bits per heavy atom. The highest BCUT2D eigenvalue weighted by molar-refractivity contribution is 5.71. The van der Waals surface area contributed by atoms with Crippen molar-refractivity contribution in [3.8, 4) is 0 Å². The standard InChI is InChI=1S/C58H96O6/c1-4-7-10-13-16-19-22-25-27-29-30-32-33-36-39-42-45-48-51-57(60)63-54-55(53-62-56(59)50-47-44-41-38-35-24-21-18-15-12-9-6-3)64-58(61)52-49-46-43-40-37-34-31-28-26-23-20-17-14-11-8-5-2/h8-9,11-12,17-18,20-21,26-30,32,34,37,55H,4-7,10,13-16,19,22-25,31,33,35-36,38-54H2,1-3H3/b11-8-,12-9-,20-17-,21-18-,28-26-,29-27-,32-30-,37-34-. The van der Waals surface area contributed by atoms with Gasteiger partial charge in [-0.2, -0.15) is 0 Å². The zero-order chi connectivity index (χ0) is 46.5. The molecule has 0 aliphatic rings. The summed E-state index contributed by atoms with van der Waals surface area (Å²) in [5.41, 5.74) is 0. The molecule has 6 heteroatoms.